The molecule has 0 aliphatic heterocycles. The highest BCUT2D eigenvalue weighted by Gasteiger charge is 2.16. The first-order valence-electron chi connectivity index (χ1n) is 10.3. The molecule has 3 rings (SSSR count). The van der Waals surface area contributed by atoms with Crippen LogP contribution in [-0.4, -0.2) is 26.8 Å². The lowest BCUT2D eigenvalue weighted by molar-refractivity contribution is -0.122. The van der Waals surface area contributed by atoms with Crippen molar-refractivity contribution in [3.63, 3.8) is 0 Å². The summed E-state index contributed by atoms with van der Waals surface area (Å²) in [5.74, 6) is -0.418. The number of ether oxygens (including phenoxy) is 1. The first-order chi connectivity index (χ1) is 15.8. The smallest absolute Gasteiger partial charge is 0.269 e. The van der Waals surface area contributed by atoms with E-state index >= 15 is 0 Å². The molecule has 0 spiro atoms. The molecule has 8 nitrogen and oxygen atoms in total. The Balaban J connectivity index is 1.49. The van der Waals surface area contributed by atoms with Gasteiger partial charge >= 0.3 is 0 Å². The average Bonchev–Trinajstić information content (AvgIpc) is 2.82. The molecular weight excluding hydrogens is 442 g/mol. The van der Waals surface area contributed by atoms with E-state index in [1.54, 1.807) is 18.2 Å². The minimum absolute atomic E-state index is 0.0338. The van der Waals surface area contributed by atoms with E-state index in [0.29, 0.717) is 5.75 Å². The Hall–Kier alpha value is -3.69. The van der Waals surface area contributed by atoms with Crippen LogP contribution in [0.25, 0.3) is 0 Å². The van der Waals surface area contributed by atoms with Gasteiger partial charge in [0.05, 0.1) is 17.9 Å². The monoisotopic (exact) mass is 467 g/mol. The second-order valence-electron chi connectivity index (χ2n) is 7.26. The van der Waals surface area contributed by atoms with E-state index in [2.05, 4.69) is 15.6 Å². The Morgan fingerprint density at radius 1 is 0.879 bits per heavy atom. The molecule has 2 amide bonds. The Labute approximate surface area is 193 Å². The van der Waals surface area contributed by atoms with Crippen molar-refractivity contribution in [2.75, 3.05) is 6.61 Å². The summed E-state index contributed by atoms with van der Waals surface area (Å²) in [4.78, 5) is 24.3. The van der Waals surface area contributed by atoms with Gasteiger partial charge < -0.3 is 4.74 Å². The third-order valence-electron chi connectivity index (χ3n) is 4.62. The van der Waals surface area contributed by atoms with E-state index in [1.807, 2.05) is 43.3 Å². The number of carbonyl (C=O) groups is 2. The number of hydrogen-bond acceptors (Lipinski definition) is 5. The fourth-order valence-corrected chi connectivity index (χ4v) is 3.95. The standard InChI is InChI=1S/C24H25N3O5S/c1-18-7-5-11-21(15-18)32-14-13-23(28)26-27-24(29)20-10-6-12-22(16-20)33(30,31)25-17-19-8-3-2-4-9-19/h2-12,15-16,25H,13-14,17H2,1H3,(H,26,28)(H,27,29). The van der Waals surface area contributed by atoms with Gasteiger partial charge in [0.1, 0.15) is 5.75 Å². The van der Waals surface area contributed by atoms with Crippen molar-refractivity contribution < 1.29 is 22.7 Å². The molecule has 0 aliphatic rings. The van der Waals surface area contributed by atoms with Crippen LogP contribution in [-0.2, 0) is 21.4 Å². The second-order valence-corrected chi connectivity index (χ2v) is 9.02. The van der Waals surface area contributed by atoms with E-state index in [-0.39, 0.29) is 30.0 Å². The van der Waals surface area contributed by atoms with Gasteiger partial charge in [-0.1, -0.05) is 48.5 Å². The summed E-state index contributed by atoms with van der Waals surface area (Å²) < 4.78 is 33.2. The fraction of sp³-hybridized carbons (Fsp3) is 0.167. The highest BCUT2D eigenvalue weighted by Crippen LogP contribution is 2.13. The number of hydrogen-bond donors (Lipinski definition) is 3. The highest BCUT2D eigenvalue weighted by molar-refractivity contribution is 7.89. The summed E-state index contributed by atoms with van der Waals surface area (Å²) in [6.45, 7) is 2.21. The topological polar surface area (TPSA) is 114 Å². The molecule has 3 aromatic carbocycles. The molecule has 0 heterocycles. The maximum absolute atomic E-state index is 12.6. The Morgan fingerprint density at radius 2 is 1.64 bits per heavy atom. The Morgan fingerprint density at radius 3 is 2.39 bits per heavy atom. The minimum atomic E-state index is -3.82. The van der Waals surface area contributed by atoms with Crippen LogP contribution in [0.2, 0.25) is 0 Å². The van der Waals surface area contributed by atoms with E-state index in [9.17, 15) is 18.0 Å². The number of carbonyl (C=O) groups excluding carboxylic acids is 2. The first kappa shape index (κ1) is 24.0. The summed E-state index contributed by atoms with van der Waals surface area (Å²) in [5, 5.41) is 0. The molecule has 0 aromatic heterocycles. The number of rotatable bonds is 9. The maximum Gasteiger partial charge on any atom is 0.269 e. The maximum atomic E-state index is 12.6. The molecule has 0 bridgehead atoms. The molecule has 0 fully saturated rings. The largest absolute Gasteiger partial charge is 0.493 e. The molecule has 0 aliphatic carbocycles. The lowest BCUT2D eigenvalue weighted by atomic mass is 10.2. The summed E-state index contributed by atoms with van der Waals surface area (Å²) in [5.41, 5.74) is 6.53. The summed E-state index contributed by atoms with van der Waals surface area (Å²) in [6, 6.07) is 22.1. The molecule has 0 radical (unpaired) electrons. The van der Waals surface area contributed by atoms with Gasteiger partial charge in [-0.25, -0.2) is 13.1 Å². The molecule has 0 saturated carbocycles. The zero-order chi connectivity index (χ0) is 23.7. The quantitative estimate of drug-likeness (QED) is 0.419. The summed E-state index contributed by atoms with van der Waals surface area (Å²) in [7, 11) is -3.82. The molecule has 3 N–H and O–H groups in total. The van der Waals surface area contributed by atoms with E-state index < -0.39 is 21.8 Å². The van der Waals surface area contributed by atoms with Crippen LogP contribution in [0.15, 0.2) is 83.8 Å². The van der Waals surface area contributed by atoms with E-state index in [0.717, 1.165) is 11.1 Å². The zero-order valence-electron chi connectivity index (χ0n) is 18.1. The van der Waals surface area contributed by atoms with Gasteiger partial charge in [0.25, 0.3) is 5.91 Å². The molecule has 172 valence electrons. The molecule has 33 heavy (non-hydrogen) atoms. The van der Waals surface area contributed by atoms with Crippen molar-refractivity contribution in [2.45, 2.75) is 24.8 Å². The van der Waals surface area contributed by atoms with E-state index in [4.69, 9.17) is 4.74 Å². The second kappa shape index (κ2) is 11.3. The number of hydrazine groups is 1. The van der Waals surface area contributed by atoms with Gasteiger partial charge in [0.15, 0.2) is 0 Å². The average molecular weight is 468 g/mol. The Kier molecular flexibility index (Phi) is 8.17. The van der Waals surface area contributed by atoms with Gasteiger partial charge in [0.2, 0.25) is 15.9 Å². The number of amides is 2. The van der Waals surface area contributed by atoms with Gasteiger partial charge in [-0.15, -0.1) is 0 Å². The molecule has 3 aromatic rings. The molecule has 0 atom stereocenters. The van der Waals surface area contributed by atoms with Crippen LogP contribution in [0.3, 0.4) is 0 Å². The SMILES string of the molecule is Cc1cccc(OCCC(=O)NNC(=O)c2cccc(S(=O)(=O)NCc3ccccc3)c2)c1. The predicted octanol–water partition coefficient (Wildman–Crippen LogP) is 2.70. The van der Waals surface area contributed by atoms with Crippen LogP contribution in [0, 0.1) is 6.92 Å². The van der Waals surface area contributed by atoms with Crippen LogP contribution < -0.4 is 20.3 Å². The lowest BCUT2D eigenvalue weighted by Gasteiger charge is -2.10. The predicted molar refractivity (Wildman–Crippen MR) is 124 cm³/mol. The van der Waals surface area contributed by atoms with Crippen molar-refractivity contribution in [3.05, 3.63) is 95.6 Å². The van der Waals surface area contributed by atoms with Gasteiger partial charge in [-0.05, 0) is 48.4 Å². The summed E-state index contributed by atoms with van der Waals surface area (Å²) >= 11 is 0. The number of benzene rings is 3. The highest BCUT2D eigenvalue weighted by atomic mass is 32.2. The van der Waals surface area contributed by atoms with Crippen molar-refractivity contribution in [3.8, 4) is 5.75 Å². The molecule has 9 heteroatoms. The normalized spacial score (nSPS) is 10.9. The van der Waals surface area contributed by atoms with Crippen LogP contribution in [0.5, 0.6) is 5.75 Å². The van der Waals surface area contributed by atoms with Crippen molar-refractivity contribution >= 4 is 21.8 Å². The van der Waals surface area contributed by atoms with Crippen LogP contribution >= 0.6 is 0 Å². The lowest BCUT2D eigenvalue weighted by Crippen LogP contribution is -2.42. The number of nitrogens with one attached hydrogen (secondary N) is 3. The van der Waals surface area contributed by atoms with Crippen molar-refractivity contribution in [2.24, 2.45) is 0 Å². The third-order valence-corrected chi connectivity index (χ3v) is 6.02. The summed E-state index contributed by atoms with van der Waals surface area (Å²) in [6.07, 6.45) is 0.0338. The van der Waals surface area contributed by atoms with Crippen LogP contribution in [0.4, 0.5) is 0 Å². The van der Waals surface area contributed by atoms with Crippen molar-refractivity contribution in [1.29, 1.82) is 0 Å². The third kappa shape index (κ3) is 7.44. The molecule has 0 saturated heterocycles. The Bertz CT molecular complexity index is 1210. The minimum Gasteiger partial charge on any atom is -0.493 e. The number of sulfonamides is 1. The van der Waals surface area contributed by atoms with E-state index in [1.165, 1.54) is 24.3 Å². The molecular formula is C24H25N3O5S. The van der Waals surface area contributed by atoms with Crippen LogP contribution in [0.1, 0.15) is 27.9 Å². The zero-order valence-corrected chi connectivity index (χ0v) is 18.9. The molecule has 0 unspecified atom stereocenters. The van der Waals surface area contributed by atoms with Crippen molar-refractivity contribution in [1.82, 2.24) is 15.6 Å². The first-order valence-corrected chi connectivity index (χ1v) is 11.7. The number of aryl methyl sites for hydroxylation is 1. The van der Waals surface area contributed by atoms with Gasteiger partial charge in [-0.3, -0.25) is 20.4 Å². The van der Waals surface area contributed by atoms with Gasteiger partial charge in [-0.2, -0.15) is 0 Å². The van der Waals surface area contributed by atoms with Gasteiger partial charge in [0, 0.05) is 12.1 Å². The fourth-order valence-electron chi connectivity index (χ4n) is 2.89.